The number of nitrogens with zero attached hydrogens (tertiary/aromatic N) is 2. The van der Waals surface area contributed by atoms with Crippen LogP contribution in [-0.2, 0) is 6.54 Å². The number of piperazine rings is 1. The smallest absolute Gasteiger partial charge is 0.258 e. The summed E-state index contributed by atoms with van der Waals surface area (Å²) < 4.78 is 14.0. The van der Waals surface area contributed by atoms with Crippen LogP contribution in [0.1, 0.15) is 15.9 Å². The molecule has 2 N–H and O–H groups in total. The standard InChI is InChI=1S/C29H27FN4OS/c30-27-11-4-2-7-22(27)20-33-16-18-34(19-17-33)24-14-12-23(13-15-24)31-29(36)32-28(35)26-10-5-8-21-6-1-3-9-25(21)26/h1-15H,16-20H2,(H2,31,32,35,36). The van der Waals surface area contributed by atoms with Crippen LogP contribution in [0.3, 0.4) is 0 Å². The van der Waals surface area contributed by atoms with Gasteiger partial charge in [-0.25, -0.2) is 4.39 Å². The van der Waals surface area contributed by atoms with Crippen LogP contribution in [0.5, 0.6) is 0 Å². The van der Waals surface area contributed by atoms with Gasteiger partial charge in [0, 0.05) is 55.2 Å². The predicted octanol–water partition coefficient (Wildman–Crippen LogP) is 5.43. The maximum absolute atomic E-state index is 14.0. The summed E-state index contributed by atoms with van der Waals surface area (Å²) in [7, 11) is 0. The number of thiocarbonyl (C=S) groups is 1. The van der Waals surface area contributed by atoms with Crippen molar-refractivity contribution in [3.8, 4) is 0 Å². The van der Waals surface area contributed by atoms with Crippen LogP contribution in [0, 0.1) is 5.82 Å². The van der Waals surface area contributed by atoms with Crippen molar-refractivity contribution in [3.05, 3.63) is 108 Å². The summed E-state index contributed by atoms with van der Waals surface area (Å²) in [6, 6.07) is 28.4. The molecule has 1 amide bonds. The summed E-state index contributed by atoms with van der Waals surface area (Å²) in [5.74, 6) is -0.386. The summed E-state index contributed by atoms with van der Waals surface area (Å²) in [6.45, 7) is 4.13. The van der Waals surface area contributed by atoms with E-state index in [0.29, 0.717) is 12.1 Å². The predicted molar refractivity (Wildman–Crippen MR) is 148 cm³/mol. The molecule has 0 unspecified atom stereocenters. The number of anilines is 2. The minimum atomic E-state index is -0.242. The topological polar surface area (TPSA) is 47.6 Å². The third-order valence-electron chi connectivity index (χ3n) is 6.48. The molecular weight excluding hydrogens is 471 g/mol. The largest absolute Gasteiger partial charge is 0.369 e. The van der Waals surface area contributed by atoms with Crippen LogP contribution < -0.4 is 15.5 Å². The number of hydrogen-bond donors (Lipinski definition) is 2. The molecule has 182 valence electrons. The van der Waals surface area contributed by atoms with Gasteiger partial charge in [0.2, 0.25) is 0 Å². The second-order valence-electron chi connectivity index (χ2n) is 8.84. The Kier molecular flexibility index (Phi) is 7.21. The van der Waals surface area contributed by atoms with E-state index in [9.17, 15) is 9.18 Å². The highest BCUT2D eigenvalue weighted by Gasteiger charge is 2.18. The molecule has 0 bridgehead atoms. The molecule has 4 aromatic carbocycles. The van der Waals surface area contributed by atoms with Crippen LogP contribution in [0.4, 0.5) is 15.8 Å². The van der Waals surface area contributed by atoms with E-state index in [-0.39, 0.29) is 16.8 Å². The Morgan fingerprint density at radius 3 is 2.31 bits per heavy atom. The molecule has 0 atom stereocenters. The van der Waals surface area contributed by atoms with Crippen LogP contribution in [0.15, 0.2) is 91.0 Å². The highest BCUT2D eigenvalue weighted by molar-refractivity contribution is 7.80. The van der Waals surface area contributed by atoms with E-state index in [1.165, 1.54) is 6.07 Å². The van der Waals surface area contributed by atoms with Gasteiger partial charge < -0.3 is 10.2 Å². The van der Waals surface area contributed by atoms with Crippen molar-refractivity contribution in [2.24, 2.45) is 0 Å². The van der Waals surface area contributed by atoms with Crippen molar-refractivity contribution in [1.82, 2.24) is 10.2 Å². The third-order valence-corrected chi connectivity index (χ3v) is 6.68. The van der Waals surface area contributed by atoms with Crippen LogP contribution in [0.2, 0.25) is 0 Å². The average molecular weight is 499 g/mol. The summed E-state index contributed by atoms with van der Waals surface area (Å²) >= 11 is 5.38. The van der Waals surface area contributed by atoms with Crippen LogP contribution in [-0.4, -0.2) is 42.1 Å². The number of benzene rings is 4. The lowest BCUT2D eigenvalue weighted by Gasteiger charge is -2.36. The quantitative estimate of drug-likeness (QED) is 0.360. The number of nitrogens with one attached hydrogen (secondary N) is 2. The number of carbonyl (C=O) groups is 1. The van der Waals surface area contributed by atoms with Gasteiger partial charge in [-0.05, 0) is 59.4 Å². The lowest BCUT2D eigenvalue weighted by molar-refractivity contribution is 0.0979. The molecule has 1 heterocycles. The SMILES string of the molecule is O=C(NC(=S)Nc1ccc(N2CCN(Cc3ccccc3F)CC2)cc1)c1cccc2ccccc12. The normalized spacial score (nSPS) is 14.0. The number of rotatable bonds is 5. The number of halogens is 1. The van der Waals surface area contributed by atoms with Crippen molar-refractivity contribution < 1.29 is 9.18 Å². The summed E-state index contributed by atoms with van der Waals surface area (Å²) in [5.41, 5.74) is 3.25. The Morgan fingerprint density at radius 1 is 0.833 bits per heavy atom. The molecule has 7 heteroatoms. The van der Waals surface area contributed by atoms with Crippen molar-refractivity contribution >= 4 is 45.4 Å². The average Bonchev–Trinajstić information content (AvgIpc) is 2.90. The van der Waals surface area contributed by atoms with E-state index in [1.54, 1.807) is 12.1 Å². The Hall–Kier alpha value is -3.81. The van der Waals surface area contributed by atoms with Gasteiger partial charge in [0.05, 0.1) is 0 Å². The monoisotopic (exact) mass is 498 g/mol. The van der Waals surface area contributed by atoms with E-state index in [4.69, 9.17) is 12.2 Å². The first-order valence-electron chi connectivity index (χ1n) is 12.0. The first kappa shape index (κ1) is 23.9. The molecule has 1 fully saturated rings. The summed E-state index contributed by atoms with van der Waals surface area (Å²) in [4.78, 5) is 17.4. The molecule has 0 spiro atoms. The highest BCUT2D eigenvalue weighted by Crippen LogP contribution is 2.21. The van der Waals surface area contributed by atoms with Gasteiger partial charge in [0.1, 0.15) is 5.82 Å². The Labute approximate surface area is 215 Å². The molecule has 0 saturated carbocycles. The third kappa shape index (κ3) is 5.53. The second kappa shape index (κ2) is 10.8. The van der Waals surface area contributed by atoms with E-state index < -0.39 is 0 Å². The molecule has 36 heavy (non-hydrogen) atoms. The van der Waals surface area contributed by atoms with Crippen molar-refractivity contribution in [2.75, 3.05) is 36.4 Å². The fourth-order valence-corrected chi connectivity index (χ4v) is 4.75. The van der Waals surface area contributed by atoms with E-state index >= 15 is 0 Å². The van der Waals surface area contributed by atoms with Crippen molar-refractivity contribution in [2.45, 2.75) is 6.54 Å². The Balaban J connectivity index is 1.14. The first-order valence-corrected chi connectivity index (χ1v) is 12.4. The number of carbonyl (C=O) groups excluding carboxylic acids is 1. The number of fused-ring (bicyclic) bond motifs is 1. The van der Waals surface area contributed by atoms with Gasteiger partial charge in [0.15, 0.2) is 5.11 Å². The molecule has 4 aromatic rings. The zero-order valence-corrected chi connectivity index (χ0v) is 20.6. The van der Waals surface area contributed by atoms with Crippen molar-refractivity contribution in [1.29, 1.82) is 0 Å². The molecule has 0 aromatic heterocycles. The minimum absolute atomic E-state index is 0.144. The zero-order valence-electron chi connectivity index (χ0n) is 19.8. The van der Waals surface area contributed by atoms with Gasteiger partial charge in [0.25, 0.3) is 5.91 Å². The maximum Gasteiger partial charge on any atom is 0.258 e. The molecule has 5 rings (SSSR count). The van der Waals surface area contributed by atoms with Gasteiger partial charge in [-0.1, -0.05) is 54.6 Å². The van der Waals surface area contributed by atoms with Crippen molar-refractivity contribution in [3.63, 3.8) is 0 Å². The zero-order chi connectivity index (χ0) is 24.9. The molecular formula is C29H27FN4OS. The summed E-state index contributed by atoms with van der Waals surface area (Å²) in [5, 5.41) is 8.03. The van der Waals surface area contributed by atoms with Crippen LogP contribution >= 0.6 is 12.2 Å². The fourth-order valence-electron chi connectivity index (χ4n) is 4.54. The van der Waals surface area contributed by atoms with E-state index in [2.05, 4.69) is 20.4 Å². The Morgan fingerprint density at radius 2 is 1.53 bits per heavy atom. The van der Waals surface area contributed by atoms with Gasteiger partial charge >= 0.3 is 0 Å². The molecule has 1 aliphatic rings. The van der Waals surface area contributed by atoms with Gasteiger partial charge in [-0.2, -0.15) is 0 Å². The van der Waals surface area contributed by atoms with E-state index in [0.717, 1.165) is 53.9 Å². The molecule has 1 aliphatic heterocycles. The van der Waals surface area contributed by atoms with Gasteiger partial charge in [-0.3, -0.25) is 15.0 Å². The lowest BCUT2D eigenvalue weighted by Crippen LogP contribution is -2.46. The summed E-state index contributed by atoms with van der Waals surface area (Å²) in [6.07, 6.45) is 0. The maximum atomic E-state index is 14.0. The highest BCUT2D eigenvalue weighted by atomic mass is 32.1. The molecule has 1 saturated heterocycles. The first-order chi connectivity index (χ1) is 17.6. The van der Waals surface area contributed by atoms with Crippen LogP contribution in [0.25, 0.3) is 10.8 Å². The minimum Gasteiger partial charge on any atom is -0.369 e. The lowest BCUT2D eigenvalue weighted by atomic mass is 10.0. The van der Waals surface area contributed by atoms with Gasteiger partial charge in [-0.15, -0.1) is 0 Å². The molecule has 0 aliphatic carbocycles. The number of amides is 1. The van der Waals surface area contributed by atoms with E-state index in [1.807, 2.05) is 72.8 Å². The molecule has 0 radical (unpaired) electrons. The number of hydrogen-bond acceptors (Lipinski definition) is 4. The second-order valence-corrected chi connectivity index (χ2v) is 9.24. The Bertz CT molecular complexity index is 1380. The molecule has 5 nitrogen and oxygen atoms in total. The fraction of sp³-hybridized carbons (Fsp3) is 0.172.